The summed E-state index contributed by atoms with van der Waals surface area (Å²) >= 11 is 14.8. The molecule has 2 aromatic carbocycles. The fourth-order valence-corrected chi connectivity index (χ4v) is 2.47. The summed E-state index contributed by atoms with van der Waals surface area (Å²) < 4.78 is 13.4. The summed E-state index contributed by atoms with van der Waals surface area (Å²) in [5.41, 5.74) is 0.750. The van der Waals surface area contributed by atoms with E-state index in [-0.39, 0.29) is 10.9 Å². The third kappa shape index (κ3) is 3.47. The van der Waals surface area contributed by atoms with Gasteiger partial charge in [0.25, 0.3) is 5.91 Å². The van der Waals surface area contributed by atoms with E-state index < -0.39 is 5.82 Å². The van der Waals surface area contributed by atoms with Crippen LogP contribution < -0.4 is 5.32 Å². The van der Waals surface area contributed by atoms with Crippen molar-refractivity contribution in [1.82, 2.24) is 0 Å². The topological polar surface area (TPSA) is 29.1 Å². The van der Waals surface area contributed by atoms with Crippen LogP contribution in [0, 0.1) is 5.82 Å². The van der Waals surface area contributed by atoms with Crippen LogP contribution in [0.2, 0.25) is 10.0 Å². The molecule has 19 heavy (non-hydrogen) atoms. The summed E-state index contributed by atoms with van der Waals surface area (Å²) in [6.07, 6.45) is 0. The normalized spacial score (nSPS) is 10.3. The minimum absolute atomic E-state index is 0.120. The van der Waals surface area contributed by atoms with Gasteiger partial charge < -0.3 is 5.32 Å². The van der Waals surface area contributed by atoms with Crippen LogP contribution in [0.5, 0.6) is 0 Å². The van der Waals surface area contributed by atoms with Gasteiger partial charge in [-0.05, 0) is 52.3 Å². The zero-order chi connectivity index (χ0) is 14.0. The van der Waals surface area contributed by atoms with Gasteiger partial charge in [-0.15, -0.1) is 0 Å². The van der Waals surface area contributed by atoms with E-state index in [1.807, 2.05) is 0 Å². The summed E-state index contributed by atoms with van der Waals surface area (Å²) in [6, 6.07) is 8.74. The summed E-state index contributed by atoms with van der Waals surface area (Å²) in [5, 5.41) is 3.27. The van der Waals surface area contributed by atoms with Crippen molar-refractivity contribution in [3.8, 4) is 0 Å². The molecule has 1 N–H and O–H groups in total. The summed E-state index contributed by atoms with van der Waals surface area (Å²) in [7, 11) is 0. The standard InChI is InChI=1S/C13H7BrCl2FNO/c14-10-5-9(17)6-11(16)12(10)18-13(19)7-1-3-8(15)4-2-7/h1-6H,(H,18,19). The molecule has 0 aliphatic rings. The lowest BCUT2D eigenvalue weighted by Gasteiger charge is -2.09. The molecule has 2 rings (SSSR count). The smallest absolute Gasteiger partial charge is 0.255 e. The molecule has 0 spiro atoms. The molecule has 98 valence electrons. The van der Waals surface area contributed by atoms with Crippen molar-refractivity contribution in [2.24, 2.45) is 0 Å². The van der Waals surface area contributed by atoms with Crippen LogP contribution in [0.3, 0.4) is 0 Å². The number of hydrogen-bond acceptors (Lipinski definition) is 1. The lowest BCUT2D eigenvalue weighted by Crippen LogP contribution is -2.12. The van der Waals surface area contributed by atoms with Crippen molar-refractivity contribution in [2.45, 2.75) is 0 Å². The third-order valence-electron chi connectivity index (χ3n) is 2.35. The Balaban J connectivity index is 2.26. The van der Waals surface area contributed by atoms with Crippen LogP contribution >= 0.6 is 39.1 Å². The number of anilines is 1. The molecular formula is C13H7BrCl2FNO. The predicted octanol–water partition coefficient (Wildman–Crippen LogP) is 5.15. The Bertz CT molecular complexity index is 608. The molecule has 0 aliphatic heterocycles. The molecule has 0 fully saturated rings. The molecule has 0 aromatic heterocycles. The molecule has 0 unspecified atom stereocenters. The number of halogens is 4. The van der Waals surface area contributed by atoms with Gasteiger partial charge in [-0.2, -0.15) is 0 Å². The zero-order valence-electron chi connectivity index (χ0n) is 9.38. The van der Waals surface area contributed by atoms with Gasteiger partial charge in [0.15, 0.2) is 0 Å². The summed E-state index contributed by atoms with van der Waals surface area (Å²) in [4.78, 5) is 12.0. The number of carbonyl (C=O) groups is 1. The first-order chi connectivity index (χ1) is 8.97. The van der Waals surface area contributed by atoms with E-state index in [9.17, 15) is 9.18 Å². The van der Waals surface area contributed by atoms with E-state index in [1.54, 1.807) is 24.3 Å². The Morgan fingerprint density at radius 3 is 2.37 bits per heavy atom. The summed E-state index contributed by atoms with van der Waals surface area (Å²) in [5.74, 6) is -0.841. The van der Waals surface area contributed by atoms with Gasteiger partial charge in [0, 0.05) is 15.1 Å². The number of carbonyl (C=O) groups excluding carboxylic acids is 1. The Kier molecular flexibility index (Phi) is 4.45. The van der Waals surface area contributed by atoms with Gasteiger partial charge in [-0.25, -0.2) is 4.39 Å². The monoisotopic (exact) mass is 361 g/mol. The Labute approximate surface area is 127 Å². The first-order valence-corrected chi connectivity index (χ1v) is 6.74. The maximum Gasteiger partial charge on any atom is 0.255 e. The minimum atomic E-state index is -0.485. The van der Waals surface area contributed by atoms with Gasteiger partial charge in [0.2, 0.25) is 0 Å². The van der Waals surface area contributed by atoms with Crippen molar-refractivity contribution in [3.63, 3.8) is 0 Å². The molecule has 0 atom stereocenters. The van der Waals surface area contributed by atoms with E-state index in [0.717, 1.165) is 6.07 Å². The molecule has 0 radical (unpaired) electrons. The fraction of sp³-hybridized carbons (Fsp3) is 0. The second-order valence-corrected chi connectivity index (χ2v) is 5.40. The van der Waals surface area contributed by atoms with Crippen molar-refractivity contribution >= 4 is 50.7 Å². The average molecular weight is 363 g/mol. The second-order valence-electron chi connectivity index (χ2n) is 3.71. The molecule has 1 amide bonds. The highest BCUT2D eigenvalue weighted by molar-refractivity contribution is 9.10. The van der Waals surface area contributed by atoms with Gasteiger partial charge in [0.05, 0.1) is 10.7 Å². The molecule has 0 saturated heterocycles. The van der Waals surface area contributed by atoms with E-state index in [0.29, 0.717) is 20.7 Å². The predicted molar refractivity (Wildman–Crippen MR) is 78.5 cm³/mol. The lowest BCUT2D eigenvalue weighted by molar-refractivity contribution is 0.102. The molecule has 6 heteroatoms. The number of benzene rings is 2. The van der Waals surface area contributed by atoms with Crippen molar-refractivity contribution < 1.29 is 9.18 Å². The molecule has 0 bridgehead atoms. The molecule has 2 aromatic rings. The van der Waals surface area contributed by atoms with E-state index in [2.05, 4.69) is 21.2 Å². The average Bonchev–Trinajstić information content (AvgIpc) is 2.34. The van der Waals surface area contributed by atoms with Crippen molar-refractivity contribution in [1.29, 1.82) is 0 Å². The van der Waals surface area contributed by atoms with Crippen molar-refractivity contribution in [2.75, 3.05) is 5.32 Å². The fourth-order valence-electron chi connectivity index (χ4n) is 1.45. The molecule has 0 heterocycles. The SMILES string of the molecule is O=C(Nc1c(Cl)cc(F)cc1Br)c1ccc(Cl)cc1. The van der Waals surface area contributed by atoms with Crippen LogP contribution in [-0.2, 0) is 0 Å². The lowest BCUT2D eigenvalue weighted by atomic mass is 10.2. The molecule has 2 nitrogen and oxygen atoms in total. The largest absolute Gasteiger partial charge is 0.320 e. The maximum absolute atomic E-state index is 13.1. The number of nitrogens with one attached hydrogen (secondary N) is 1. The highest BCUT2D eigenvalue weighted by Gasteiger charge is 2.12. The highest BCUT2D eigenvalue weighted by atomic mass is 79.9. The third-order valence-corrected chi connectivity index (χ3v) is 3.53. The van der Waals surface area contributed by atoms with Gasteiger partial charge in [-0.3, -0.25) is 4.79 Å². The quantitative estimate of drug-likeness (QED) is 0.786. The molecule has 0 aliphatic carbocycles. The van der Waals surface area contributed by atoms with Gasteiger partial charge in [0.1, 0.15) is 5.82 Å². The number of amides is 1. The van der Waals surface area contributed by atoms with Gasteiger partial charge in [-0.1, -0.05) is 23.2 Å². The highest BCUT2D eigenvalue weighted by Crippen LogP contribution is 2.32. The van der Waals surface area contributed by atoms with Crippen LogP contribution in [-0.4, -0.2) is 5.91 Å². The number of hydrogen-bond donors (Lipinski definition) is 1. The van der Waals surface area contributed by atoms with Crippen LogP contribution in [0.1, 0.15) is 10.4 Å². The molecular weight excluding hydrogens is 356 g/mol. The van der Waals surface area contributed by atoms with E-state index >= 15 is 0 Å². The van der Waals surface area contributed by atoms with Crippen LogP contribution in [0.15, 0.2) is 40.9 Å². The van der Waals surface area contributed by atoms with E-state index in [4.69, 9.17) is 23.2 Å². The first kappa shape index (κ1) is 14.3. The zero-order valence-corrected chi connectivity index (χ0v) is 12.5. The molecule has 0 saturated carbocycles. The maximum atomic E-state index is 13.1. The van der Waals surface area contributed by atoms with Crippen LogP contribution in [0.4, 0.5) is 10.1 Å². The number of rotatable bonds is 2. The Morgan fingerprint density at radius 2 is 1.79 bits per heavy atom. The minimum Gasteiger partial charge on any atom is -0.320 e. The van der Waals surface area contributed by atoms with Crippen LogP contribution in [0.25, 0.3) is 0 Å². The second kappa shape index (κ2) is 5.90. The Hall–Kier alpha value is -1.10. The Morgan fingerprint density at radius 1 is 1.16 bits per heavy atom. The van der Waals surface area contributed by atoms with Crippen molar-refractivity contribution in [3.05, 3.63) is 62.3 Å². The van der Waals surface area contributed by atoms with Gasteiger partial charge >= 0.3 is 0 Å². The van der Waals surface area contributed by atoms with E-state index in [1.165, 1.54) is 6.07 Å². The first-order valence-electron chi connectivity index (χ1n) is 5.19. The summed E-state index contributed by atoms with van der Waals surface area (Å²) in [6.45, 7) is 0.